The number of hydrazone groups is 1. The van der Waals surface area contributed by atoms with Gasteiger partial charge in [-0.1, -0.05) is 29.3 Å². The number of carbonyl (C=O) groups excluding carboxylic acids is 1. The number of carbonyl (C=O) groups is 1. The number of halogens is 2. The van der Waals surface area contributed by atoms with Crippen molar-refractivity contribution >= 4 is 40.6 Å². The van der Waals surface area contributed by atoms with E-state index in [0.717, 1.165) is 11.4 Å². The number of nitrogens with zero attached hydrogens (tertiary/aromatic N) is 2. The molecule has 126 valence electrons. The normalized spacial score (nSPS) is 11.3. The first-order valence-electron chi connectivity index (χ1n) is 7.44. The number of benzene rings is 1. The van der Waals surface area contributed by atoms with Gasteiger partial charge in [-0.3, -0.25) is 10.4 Å². The second kappa shape index (κ2) is 9.25. The van der Waals surface area contributed by atoms with E-state index in [-0.39, 0.29) is 6.42 Å². The van der Waals surface area contributed by atoms with E-state index in [1.165, 1.54) is 0 Å². The highest BCUT2D eigenvalue weighted by molar-refractivity contribution is 6.35. The van der Waals surface area contributed by atoms with Gasteiger partial charge in [0.1, 0.15) is 0 Å². The van der Waals surface area contributed by atoms with Gasteiger partial charge in [0.2, 0.25) is 0 Å². The van der Waals surface area contributed by atoms with E-state index in [4.69, 9.17) is 23.2 Å². The first-order chi connectivity index (χ1) is 11.5. The maximum atomic E-state index is 10.5. The zero-order chi connectivity index (χ0) is 17.4. The minimum atomic E-state index is -1.04. The molecule has 24 heavy (non-hydrogen) atoms. The average Bonchev–Trinajstić information content (AvgIpc) is 2.54. The van der Waals surface area contributed by atoms with Crippen molar-refractivity contribution in [3.8, 4) is 0 Å². The van der Waals surface area contributed by atoms with Crippen molar-refractivity contribution in [3.05, 3.63) is 58.3 Å². The lowest BCUT2D eigenvalue weighted by molar-refractivity contribution is -0.305. The minimum absolute atomic E-state index is 0.0346. The molecule has 0 fully saturated rings. The Labute approximate surface area is 150 Å². The predicted molar refractivity (Wildman–Crippen MR) is 94.3 cm³/mol. The Morgan fingerprint density at radius 2 is 1.83 bits per heavy atom. The highest BCUT2D eigenvalue weighted by Gasteiger charge is 2.06. The first-order valence-corrected chi connectivity index (χ1v) is 8.20. The Morgan fingerprint density at radius 3 is 2.46 bits per heavy atom. The van der Waals surface area contributed by atoms with Crippen LogP contribution in [0.3, 0.4) is 0 Å². The number of unbranched alkanes of at least 4 members (excludes halogenated alkanes) is 1. The van der Waals surface area contributed by atoms with E-state index in [1.54, 1.807) is 24.4 Å². The molecule has 0 saturated carbocycles. The zero-order valence-corrected chi connectivity index (χ0v) is 14.3. The van der Waals surface area contributed by atoms with Crippen molar-refractivity contribution in [2.75, 3.05) is 5.43 Å². The molecule has 0 bridgehead atoms. The maximum absolute atomic E-state index is 10.5. The smallest absolute Gasteiger partial charge is 0.0863 e. The van der Waals surface area contributed by atoms with E-state index in [9.17, 15) is 9.90 Å². The van der Waals surface area contributed by atoms with Gasteiger partial charge in [-0.2, -0.15) is 5.10 Å². The number of hydrogen-bond donors (Lipinski definition) is 1. The molecule has 0 amide bonds. The third-order valence-electron chi connectivity index (χ3n) is 3.19. The van der Waals surface area contributed by atoms with E-state index >= 15 is 0 Å². The fraction of sp³-hybridized carbons (Fsp3) is 0.235. The van der Waals surface area contributed by atoms with Gasteiger partial charge in [-0.05, 0) is 56.0 Å². The van der Waals surface area contributed by atoms with Crippen molar-refractivity contribution in [3.63, 3.8) is 0 Å². The van der Waals surface area contributed by atoms with Gasteiger partial charge in [0, 0.05) is 22.2 Å². The molecular formula is C17H16Cl2N3O2-. The summed E-state index contributed by atoms with van der Waals surface area (Å²) in [4.78, 5) is 14.8. The number of carboxylic acid groups (broad SMARTS) is 1. The average molecular weight is 365 g/mol. The molecule has 1 N–H and O–H groups in total. The molecule has 0 saturated heterocycles. The van der Waals surface area contributed by atoms with E-state index in [1.807, 2.05) is 18.2 Å². The quantitative estimate of drug-likeness (QED) is 0.441. The summed E-state index contributed by atoms with van der Waals surface area (Å²) in [5.41, 5.74) is 5.04. The fourth-order valence-electron chi connectivity index (χ4n) is 2.09. The van der Waals surface area contributed by atoms with Crippen LogP contribution in [0.4, 0.5) is 5.69 Å². The molecule has 5 nitrogen and oxygen atoms in total. The summed E-state index contributed by atoms with van der Waals surface area (Å²) in [5.74, 6) is -1.04. The summed E-state index contributed by atoms with van der Waals surface area (Å²) in [7, 11) is 0. The molecule has 0 atom stereocenters. The van der Waals surface area contributed by atoms with Gasteiger partial charge in [0.15, 0.2) is 0 Å². The van der Waals surface area contributed by atoms with Gasteiger partial charge in [-0.25, -0.2) is 0 Å². The second-order valence-electron chi connectivity index (χ2n) is 5.12. The van der Waals surface area contributed by atoms with Crippen LogP contribution in [-0.2, 0) is 4.79 Å². The largest absolute Gasteiger partial charge is 0.550 e. The lowest BCUT2D eigenvalue weighted by Crippen LogP contribution is -2.21. The van der Waals surface area contributed by atoms with Gasteiger partial charge in [0.25, 0.3) is 0 Å². The number of rotatable bonds is 8. The summed E-state index contributed by atoms with van der Waals surface area (Å²) < 4.78 is 0. The van der Waals surface area contributed by atoms with Crippen LogP contribution in [0, 0.1) is 0 Å². The minimum Gasteiger partial charge on any atom is -0.550 e. The van der Waals surface area contributed by atoms with Crippen molar-refractivity contribution in [2.24, 2.45) is 5.10 Å². The number of carboxylic acids is 1. The summed E-state index contributed by atoms with van der Waals surface area (Å²) in [6.45, 7) is 0. The van der Waals surface area contributed by atoms with Crippen molar-refractivity contribution in [1.82, 2.24) is 4.98 Å². The van der Waals surface area contributed by atoms with Crippen LogP contribution >= 0.6 is 23.2 Å². The van der Waals surface area contributed by atoms with Crippen LogP contribution in [0.25, 0.3) is 0 Å². The van der Waals surface area contributed by atoms with Crippen LogP contribution in [0.2, 0.25) is 10.0 Å². The summed E-state index contributed by atoms with van der Waals surface area (Å²) >= 11 is 11.9. The van der Waals surface area contributed by atoms with Crippen molar-refractivity contribution in [2.45, 2.75) is 25.7 Å². The second-order valence-corrected chi connectivity index (χ2v) is 6.00. The van der Waals surface area contributed by atoms with Crippen molar-refractivity contribution < 1.29 is 9.90 Å². The predicted octanol–water partition coefficient (Wildman–Crippen LogP) is 3.51. The molecule has 1 aromatic carbocycles. The molecule has 1 heterocycles. The number of nitrogens with one attached hydrogen (secondary N) is 1. The van der Waals surface area contributed by atoms with Crippen LogP contribution < -0.4 is 10.5 Å². The molecule has 7 heteroatoms. The highest BCUT2D eigenvalue weighted by atomic mass is 35.5. The fourth-order valence-corrected chi connectivity index (χ4v) is 2.61. The number of aromatic nitrogens is 1. The first kappa shape index (κ1) is 18.2. The SMILES string of the molecule is O=C([O-])CCCCC(=NNc1cc(Cl)cc(Cl)c1)c1ccccn1. The standard InChI is InChI=1S/C17H17Cl2N3O2/c18-12-9-13(19)11-14(10-12)21-22-16(6-1-2-7-17(23)24)15-5-3-4-8-20-15/h3-5,8-11,21H,1-2,6-7H2,(H,23,24)/p-1. The molecule has 1 aromatic heterocycles. The van der Waals surface area contributed by atoms with Crippen LogP contribution in [0.1, 0.15) is 31.4 Å². The Balaban J connectivity index is 2.10. The van der Waals surface area contributed by atoms with E-state index < -0.39 is 5.97 Å². The van der Waals surface area contributed by atoms with Gasteiger partial charge < -0.3 is 9.90 Å². The molecule has 0 aliphatic carbocycles. The summed E-state index contributed by atoms with van der Waals surface area (Å²) in [6, 6.07) is 10.6. The number of aliphatic carboxylic acids is 1. The molecule has 0 spiro atoms. The molecule has 0 aliphatic heterocycles. The third-order valence-corrected chi connectivity index (χ3v) is 3.62. The third kappa shape index (κ3) is 6.18. The molecule has 0 unspecified atom stereocenters. The monoisotopic (exact) mass is 364 g/mol. The van der Waals surface area contributed by atoms with Gasteiger partial charge in [0.05, 0.1) is 17.1 Å². The molecule has 2 aromatic rings. The van der Waals surface area contributed by atoms with Crippen LogP contribution in [0.15, 0.2) is 47.7 Å². The maximum Gasteiger partial charge on any atom is 0.0863 e. The van der Waals surface area contributed by atoms with E-state index in [2.05, 4.69) is 15.5 Å². The molecule has 0 aliphatic rings. The lowest BCUT2D eigenvalue weighted by atomic mass is 10.1. The number of anilines is 1. The highest BCUT2D eigenvalue weighted by Crippen LogP contribution is 2.22. The molecule has 0 radical (unpaired) electrons. The topological polar surface area (TPSA) is 77.4 Å². The zero-order valence-electron chi connectivity index (χ0n) is 12.8. The molecule has 2 rings (SSSR count). The number of pyridine rings is 1. The van der Waals surface area contributed by atoms with Gasteiger partial charge >= 0.3 is 0 Å². The Morgan fingerprint density at radius 1 is 1.12 bits per heavy atom. The van der Waals surface area contributed by atoms with E-state index in [0.29, 0.717) is 35.0 Å². The number of hydrogen-bond acceptors (Lipinski definition) is 5. The Hall–Kier alpha value is -2.11. The molecular weight excluding hydrogens is 349 g/mol. The van der Waals surface area contributed by atoms with Crippen LogP contribution in [0.5, 0.6) is 0 Å². The van der Waals surface area contributed by atoms with Gasteiger partial charge in [-0.15, -0.1) is 0 Å². The Kier molecular flexibility index (Phi) is 7.03. The van der Waals surface area contributed by atoms with Crippen molar-refractivity contribution in [1.29, 1.82) is 0 Å². The Bertz CT molecular complexity index is 701. The lowest BCUT2D eigenvalue weighted by Gasteiger charge is -2.08. The summed E-state index contributed by atoms with van der Waals surface area (Å²) in [6.07, 6.45) is 3.50. The van der Waals surface area contributed by atoms with Crippen LogP contribution in [-0.4, -0.2) is 16.7 Å². The summed E-state index contributed by atoms with van der Waals surface area (Å²) in [5, 5.41) is 15.9.